The molecule has 0 fully saturated rings. The van der Waals surface area contributed by atoms with Gasteiger partial charge in [-0.05, 0) is 29.3 Å². The molecule has 0 bridgehead atoms. The molecule has 0 aliphatic rings. The molecule has 0 aliphatic carbocycles. The summed E-state index contributed by atoms with van der Waals surface area (Å²) in [6.45, 7) is 0. The molecular weight excluding hydrogens is 306 g/mol. The molecule has 0 spiro atoms. The molecule has 0 atom stereocenters. The first-order chi connectivity index (χ1) is 11.3. The Morgan fingerprint density at radius 2 is 1.70 bits per heavy atom. The molecule has 5 heteroatoms. The highest BCUT2D eigenvalue weighted by Gasteiger charge is 2.20. The van der Waals surface area contributed by atoms with Gasteiger partial charge in [-0.15, -0.1) is 0 Å². The van der Waals surface area contributed by atoms with Crippen molar-refractivity contribution in [3.63, 3.8) is 0 Å². The highest BCUT2D eigenvalue weighted by atomic mass is 32.1. The number of rotatable bonds is 3. The predicted octanol–water partition coefficient (Wildman–Crippen LogP) is 4.71. The predicted molar refractivity (Wildman–Crippen MR) is 92.9 cm³/mol. The van der Waals surface area contributed by atoms with Crippen LogP contribution in [0.1, 0.15) is 0 Å². The molecule has 0 aliphatic heterocycles. The van der Waals surface area contributed by atoms with Crippen LogP contribution in [0, 0.1) is 0 Å². The third-order valence-corrected chi connectivity index (χ3v) is 4.48. The molecule has 3 aromatic heterocycles. The molecule has 4 rings (SSSR count). The van der Waals surface area contributed by atoms with Crippen LogP contribution in [0.15, 0.2) is 71.6 Å². The molecule has 2 N–H and O–H groups in total. The topological polar surface area (TPSA) is 64.9 Å². The lowest BCUT2D eigenvalue weighted by Gasteiger charge is -2.03. The van der Waals surface area contributed by atoms with Gasteiger partial charge in [0.2, 0.25) is 0 Å². The van der Waals surface area contributed by atoms with Gasteiger partial charge in [-0.2, -0.15) is 0 Å². The van der Waals surface area contributed by atoms with Crippen molar-refractivity contribution in [2.45, 2.75) is 0 Å². The van der Waals surface area contributed by atoms with E-state index >= 15 is 0 Å². The Morgan fingerprint density at radius 1 is 0.913 bits per heavy atom. The number of benzene rings is 1. The fourth-order valence-electron chi connectivity index (χ4n) is 2.53. The summed E-state index contributed by atoms with van der Waals surface area (Å²) in [6.07, 6.45) is 5.20. The highest BCUT2D eigenvalue weighted by molar-refractivity contribution is 7.19. The van der Waals surface area contributed by atoms with E-state index in [2.05, 4.69) is 22.1 Å². The molecule has 0 saturated carbocycles. The fourth-order valence-corrected chi connectivity index (χ4v) is 3.36. The SMILES string of the molecule is Nc1nc(-c2occc2-c2ccccc2)c(-c2ccncc2)s1. The first kappa shape index (κ1) is 13.7. The lowest BCUT2D eigenvalue weighted by molar-refractivity contribution is 0.581. The first-order valence-corrected chi connectivity index (χ1v) is 7.94. The molecule has 3 heterocycles. The number of furan rings is 1. The van der Waals surface area contributed by atoms with Crippen molar-refractivity contribution in [3.8, 4) is 33.0 Å². The van der Waals surface area contributed by atoms with Crippen LogP contribution >= 0.6 is 11.3 Å². The van der Waals surface area contributed by atoms with Crippen LogP contribution in [0.25, 0.3) is 33.0 Å². The maximum Gasteiger partial charge on any atom is 0.181 e. The lowest BCUT2D eigenvalue weighted by Crippen LogP contribution is -1.85. The third-order valence-electron chi connectivity index (χ3n) is 3.55. The maximum absolute atomic E-state index is 5.96. The monoisotopic (exact) mass is 319 g/mol. The number of hydrogen-bond acceptors (Lipinski definition) is 5. The Morgan fingerprint density at radius 3 is 2.48 bits per heavy atom. The van der Waals surface area contributed by atoms with Crippen molar-refractivity contribution in [1.29, 1.82) is 0 Å². The van der Waals surface area contributed by atoms with E-state index in [4.69, 9.17) is 10.2 Å². The average Bonchev–Trinajstić information content (AvgIpc) is 3.22. The van der Waals surface area contributed by atoms with Gasteiger partial charge in [0.05, 0.1) is 11.1 Å². The van der Waals surface area contributed by atoms with Crippen LogP contribution in [-0.4, -0.2) is 9.97 Å². The average molecular weight is 319 g/mol. The van der Waals surface area contributed by atoms with Gasteiger partial charge in [0, 0.05) is 18.0 Å². The van der Waals surface area contributed by atoms with Crippen molar-refractivity contribution >= 4 is 16.5 Å². The molecule has 1 aromatic carbocycles. The number of pyridine rings is 1. The fraction of sp³-hybridized carbons (Fsp3) is 0. The van der Waals surface area contributed by atoms with Gasteiger partial charge in [-0.25, -0.2) is 4.98 Å². The number of thiazole rings is 1. The van der Waals surface area contributed by atoms with Gasteiger partial charge in [-0.3, -0.25) is 4.98 Å². The van der Waals surface area contributed by atoms with Crippen LogP contribution in [0.3, 0.4) is 0 Å². The lowest BCUT2D eigenvalue weighted by atomic mass is 10.0. The minimum absolute atomic E-state index is 0.516. The normalized spacial score (nSPS) is 10.8. The second-order valence-electron chi connectivity index (χ2n) is 5.00. The summed E-state index contributed by atoms with van der Waals surface area (Å²) in [7, 11) is 0. The zero-order valence-electron chi connectivity index (χ0n) is 12.1. The van der Waals surface area contributed by atoms with Gasteiger partial charge < -0.3 is 10.2 Å². The quantitative estimate of drug-likeness (QED) is 0.593. The van der Waals surface area contributed by atoms with Crippen LogP contribution in [-0.2, 0) is 0 Å². The Kier molecular flexibility index (Phi) is 3.40. The van der Waals surface area contributed by atoms with E-state index in [-0.39, 0.29) is 0 Å². The van der Waals surface area contributed by atoms with E-state index in [1.807, 2.05) is 36.4 Å². The Hall–Kier alpha value is -2.92. The van der Waals surface area contributed by atoms with Gasteiger partial charge in [0.25, 0.3) is 0 Å². The van der Waals surface area contributed by atoms with Gasteiger partial charge in [-0.1, -0.05) is 41.7 Å². The minimum atomic E-state index is 0.516. The number of nitrogens with zero attached hydrogens (tertiary/aromatic N) is 2. The van der Waals surface area contributed by atoms with Crippen LogP contribution in [0.2, 0.25) is 0 Å². The van der Waals surface area contributed by atoms with Crippen LogP contribution in [0.4, 0.5) is 5.13 Å². The van der Waals surface area contributed by atoms with Crippen LogP contribution in [0.5, 0.6) is 0 Å². The van der Waals surface area contributed by atoms with Crippen molar-refractivity contribution < 1.29 is 4.42 Å². The summed E-state index contributed by atoms with van der Waals surface area (Å²) < 4.78 is 5.75. The third kappa shape index (κ3) is 2.51. The van der Waals surface area contributed by atoms with E-state index < -0.39 is 0 Å². The van der Waals surface area contributed by atoms with E-state index in [1.165, 1.54) is 11.3 Å². The number of anilines is 1. The van der Waals surface area contributed by atoms with E-state index in [0.717, 1.165) is 33.0 Å². The first-order valence-electron chi connectivity index (χ1n) is 7.13. The van der Waals surface area contributed by atoms with Crippen molar-refractivity contribution in [2.24, 2.45) is 0 Å². The van der Waals surface area contributed by atoms with E-state index in [0.29, 0.717) is 5.13 Å². The Labute approximate surface area is 137 Å². The molecular formula is C18H13N3OS. The summed E-state index contributed by atoms with van der Waals surface area (Å²) in [5, 5.41) is 0.516. The summed E-state index contributed by atoms with van der Waals surface area (Å²) in [5.41, 5.74) is 9.85. The molecule has 23 heavy (non-hydrogen) atoms. The number of aromatic nitrogens is 2. The number of nitrogens with two attached hydrogens (primary N) is 1. The summed E-state index contributed by atoms with van der Waals surface area (Å²) in [6, 6.07) is 16.0. The summed E-state index contributed by atoms with van der Waals surface area (Å²) in [5.74, 6) is 0.732. The molecule has 0 radical (unpaired) electrons. The highest BCUT2D eigenvalue weighted by Crippen LogP contribution is 2.41. The largest absolute Gasteiger partial charge is 0.462 e. The molecule has 4 aromatic rings. The minimum Gasteiger partial charge on any atom is -0.462 e. The van der Waals surface area contributed by atoms with Crippen molar-refractivity contribution in [1.82, 2.24) is 9.97 Å². The molecule has 0 saturated heterocycles. The van der Waals surface area contributed by atoms with E-state index in [9.17, 15) is 0 Å². The second-order valence-corrected chi connectivity index (χ2v) is 6.03. The maximum atomic E-state index is 5.96. The van der Waals surface area contributed by atoms with Gasteiger partial charge >= 0.3 is 0 Å². The molecule has 4 nitrogen and oxygen atoms in total. The van der Waals surface area contributed by atoms with E-state index in [1.54, 1.807) is 18.7 Å². The second kappa shape index (κ2) is 5.70. The van der Waals surface area contributed by atoms with Gasteiger partial charge in [0.1, 0.15) is 5.69 Å². The molecule has 112 valence electrons. The van der Waals surface area contributed by atoms with Crippen molar-refractivity contribution in [3.05, 3.63) is 67.2 Å². The zero-order chi connectivity index (χ0) is 15.6. The summed E-state index contributed by atoms with van der Waals surface area (Å²) >= 11 is 1.45. The zero-order valence-corrected chi connectivity index (χ0v) is 13.0. The molecule has 0 unspecified atom stereocenters. The Bertz CT molecular complexity index is 929. The van der Waals surface area contributed by atoms with Crippen molar-refractivity contribution in [2.75, 3.05) is 5.73 Å². The molecule has 0 amide bonds. The number of hydrogen-bond donors (Lipinski definition) is 1. The van der Waals surface area contributed by atoms with Gasteiger partial charge in [0.15, 0.2) is 10.9 Å². The smallest absolute Gasteiger partial charge is 0.181 e. The Balaban J connectivity index is 1.89. The summed E-state index contributed by atoms with van der Waals surface area (Å²) in [4.78, 5) is 9.55. The standard InChI is InChI=1S/C18H13N3OS/c19-18-21-15(17(23-18)13-6-9-20-10-7-13)16-14(8-11-22-16)12-4-2-1-3-5-12/h1-11H,(H2,19,21). The van der Waals surface area contributed by atoms with Crippen LogP contribution < -0.4 is 5.73 Å². The number of nitrogen functional groups attached to an aromatic ring is 1.